The lowest BCUT2D eigenvalue weighted by Gasteiger charge is -2.18. The van der Waals surface area contributed by atoms with Gasteiger partial charge >= 0.3 is 11.8 Å². The van der Waals surface area contributed by atoms with E-state index < -0.39 is 35.5 Å². The topological polar surface area (TPSA) is 96.3 Å². The van der Waals surface area contributed by atoms with Gasteiger partial charge in [0, 0.05) is 43.4 Å². The number of pyridine rings is 1. The first-order chi connectivity index (χ1) is 21.2. The van der Waals surface area contributed by atoms with Gasteiger partial charge in [-0.2, -0.15) is 13.2 Å². The van der Waals surface area contributed by atoms with Crippen LogP contribution in [0.3, 0.4) is 0 Å². The van der Waals surface area contributed by atoms with Gasteiger partial charge in [0.2, 0.25) is 0 Å². The second-order valence-corrected chi connectivity index (χ2v) is 19.5. The van der Waals surface area contributed by atoms with E-state index in [0.717, 1.165) is 22.1 Å². The Morgan fingerprint density at radius 3 is 2.42 bits per heavy atom. The normalized spacial score (nSPS) is 13.0. The van der Waals surface area contributed by atoms with Crippen LogP contribution in [-0.4, -0.2) is 36.6 Å². The van der Waals surface area contributed by atoms with E-state index in [1.165, 1.54) is 31.5 Å². The summed E-state index contributed by atoms with van der Waals surface area (Å²) in [5, 5.41) is 0.688. The summed E-state index contributed by atoms with van der Waals surface area (Å²) in [4.78, 5) is 17.7. The molecular weight excluding hydrogens is 624 g/mol. The molecule has 13 heteroatoms. The molecule has 0 bridgehead atoms. The summed E-state index contributed by atoms with van der Waals surface area (Å²) in [6.45, 7) is 8.32. The van der Waals surface area contributed by atoms with Crippen LogP contribution in [0.2, 0.25) is 25.7 Å². The Kier molecular flexibility index (Phi) is 7.53. The van der Waals surface area contributed by atoms with Crippen LogP contribution in [-0.2, 0) is 27.7 Å². The van der Waals surface area contributed by atoms with Crippen molar-refractivity contribution in [1.29, 1.82) is 0 Å². The number of halogens is 3. The minimum Gasteiger partial charge on any atom is -0.422 e. The van der Waals surface area contributed by atoms with Gasteiger partial charge in [0.15, 0.2) is 5.65 Å². The number of hydrogen-bond acceptors (Lipinski definition) is 6. The van der Waals surface area contributed by atoms with Crippen LogP contribution >= 0.6 is 0 Å². The second-order valence-electron chi connectivity index (χ2n) is 12.1. The standard InChI is InChI=1S/C32H30F3N3O5SSi/c1-20-25(32(33,34)35)10-11-27-28(20)29-24(31(39)43-27)18-26(37(29)19-42-16-17-45(2,3)4)22-12-14-36-30-23(22)13-15-38(30)44(40,41)21-8-6-5-7-9-21/h5-15,18H,16-17,19H2,1-4H3. The van der Waals surface area contributed by atoms with E-state index in [4.69, 9.17) is 9.15 Å². The lowest BCUT2D eigenvalue weighted by atomic mass is 10.0. The summed E-state index contributed by atoms with van der Waals surface area (Å²) in [6.07, 6.45) is -1.76. The number of rotatable bonds is 8. The Morgan fingerprint density at radius 1 is 1.00 bits per heavy atom. The third-order valence-electron chi connectivity index (χ3n) is 7.84. The third-order valence-corrected chi connectivity index (χ3v) is 11.2. The van der Waals surface area contributed by atoms with Crippen molar-refractivity contribution in [3.8, 4) is 11.3 Å². The number of fused-ring (bicyclic) bond motifs is 4. The van der Waals surface area contributed by atoms with Gasteiger partial charge in [0.25, 0.3) is 10.0 Å². The molecule has 0 spiro atoms. The summed E-state index contributed by atoms with van der Waals surface area (Å²) in [6, 6.07) is 15.7. The van der Waals surface area contributed by atoms with Crippen molar-refractivity contribution in [2.45, 2.75) is 50.4 Å². The van der Waals surface area contributed by atoms with Gasteiger partial charge in [0.1, 0.15) is 12.3 Å². The van der Waals surface area contributed by atoms with E-state index in [0.29, 0.717) is 23.3 Å². The molecule has 8 nitrogen and oxygen atoms in total. The monoisotopic (exact) mass is 653 g/mol. The van der Waals surface area contributed by atoms with Crippen molar-refractivity contribution in [3.63, 3.8) is 0 Å². The average molecular weight is 654 g/mol. The Hall–Kier alpha value is -4.20. The van der Waals surface area contributed by atoms with Crippen molar-refractivity contribution >= 4 is 51.0 Å². The van der Waals surface area contributed by atoms with Crippen LogP contribution in [0.4, 0.5) is 13.2 Å². The molecule has 0 aliphatic heterocycles. The van der Waals surface area contributed by atoms with Gasteiger partial charge in [-0.05, 0) is 61.0 Å². The quantitative estimate of drug-likeness (QED) is 0.0952. The van der Waals surface area contributed by atoms with E-state index in [1.54, 1.807) is 41.0 Å². The molecule has 6 rings (SSSR count). The first-order valence-electron chi connectivity index (χ1n) is 14.2. The lowest BCUT2D eigenvalue weighted by molar-refractivity contribution is -0.137. The highest BCUT2D eigenvalue weighted by Gasteiger charge is 2.34. The summed E-state index contributed by atoms with van der Waals surface area (Å²) < 4.78 is 83.4. The van der Waals surface area contributed by atoms with E-state index in [2.05, 4.69) is 24.6 Å². The molecule has 45 heavy (non-hydrogen) atoms. The first kappa shape index (κ1) is 30.8. The maximum Gasteiger partial charge on any atom is 0.416 e. The highest BCUT2D eigenvalue weighted by Crippen LogP contribution is 2.40. The highest BCUT2D eigenvalue weighted by atomic mass is 32.2. The molecule has 0 aliphatic rings. The van der Waals surface area contributed by atoms with Gasteiger partial charge in [-0.25, -0.2) is 22.2 Å². The van der Waals surface area contributed by atoms with Crippen LogP contribution in [0.1, 0.15) is 11.1 Å². The molecule has 0 atom stereocenters. The molecule has 0 amide bonds. The van der Waals surface area contributed by atoms with E-state index >= 15 is 0 Å². The minimum absolute atomic E-state index is 0.0194. The zero-order valence-electron chi connectivity index (χ0n) is 25.0. The largest absolute Gasteiger partial charge is 0.422 e. The van der Waals surface area contributed by atoms with Crippen LogP contribution in [0.5, 0.6) is 0 Å². The summed E-state index contributed by atoms with van der Waals surface area (Å²) in [5.41, 5.74) is -0.259. The van der Waals surface area contributed by atoms with Crippen LogP contribution in [0.15, 0.2) is 87.2 Å². The van der Waals surface area contributed by atoms with Gasteiger partial charge in [-0.1, -0.05) is 37.8 Å². The first-order valence-corrected chi connectivity index (χ1v) is 19.3. The summed E-state index contributed by atoms with van der Waals surface area (Å²) in [5.74, 6) is 0. The summed E-state index contributed by atoms with van der Waals surface area (Å²) >= 11 is 0. The SMILES string of the molecule is Cc1c(C(F)(F)F)ccc2oc(=O)c3cc(-c4ccnc5c4ccn5S(=O)(=O)c4ccccc4)n(COCC[Si](C)(C)C)c3c12. The second kappa shape index (κ2) is 11.0. The molecular formula is C32H30F3N3O5SSi. The maximum absolute atomic E-state index is 14.0. The van der Waals surface area contributed by atoms with Crippen LogP contribution in [0, 0.1) is 6.92 Å². The zero-order chi connectivity index (χ0) is 32.3. The fourth-order valence-electron chi connectivity index (χ4n) is 5.53. The lowest BCUT2D eigenvalue weighted by Crippen LogP contribution is -2.22. The van der Waals surface area contributed by atoms with Crippen molar-refractivity contribution in [1.82, 2.24) is 13.5 Å². The third kappa shape index (κ3) is 5.49. The molecule has 0 saturated heterocycles. The number of alkyl halides is 3. The number of aromatic nitrogens is 3. The smallest absolute Gasteiger partial charge is 0.416 e. The van der Waals surface area contributed by atoms with Crippen molar-refractivity contribution in [3.05, 3.63) is 94.6 Å². The Morgan fingerprint density at radius 2 is 1.73 bits per heavy atom. The molecule has 0 radical (unpaired) electrons. The van der Waals surface area contributed by atoms with Crippen molar-refractivity contribution < 1.29 is 30.7 Å². The maximum atomic E-state index is 14.0. The van der Waals surface area contributed by atoms with Crippen molar-refractivity contribution in [2.75, 3.05) is 6.61 Å². The number of ether oxygens (including phenoxy) is 1. The molecule has 0 N–H and O–H groups in total. The number of hydrogen-bond donors (Lipinski definition) is 0. The number of benzene rings is 2. The minimum atomic E-state index is -4.63. The van der Waals surface area contributed by atoms with Crippen molar-refractivity contribution in [2.24, 2.45) is 0 Å². The fraction of sp³-hybridized carbons (Fsp3) is 0.250. The van der Waals surface area contributed by atoms with Crippen LogP contribution in [0.25, 0.3) is 44.2 Å². The van der Waals surface area contributed by atoms with Gasteiger partial charge < -0.3 is 13.7 Å². The summed E-state index contributed by atoms with van der Waals surface area (Å²) in [7, 11) is -5.46. The predicted octanol–water partition coefficient (Wildman–Crippen LogP) is 7.64. The Bertz CT molecular complexity index is 2250. The van der Waals surface area contributed by atoms with E-state index in [-0.39, 0.29) is 44.7 Å². The van der Waals surface area contributed by atoms with Gasteiger partial charge in [0.05, 0.1) is 27.1 Å². The van der Waals surface area contributed by atoms with Crippen LogP contribution < -0.4 is 5.63 Å². The molecule has 6 aromatic rings. The molecule has 4 heterocycles. The average Bonchev–Trinajstić information content (AvgIpc) is 3.58. The van der Waals surface area contributed by atoms with Gasteiger partial charge in [-0.15, -0.1) is 0 Å². The molecule has 4 aromatic heterocycles. The predicted molar refractivity (Wildman–Crippen MR) is 170 cm³/mol. The Labute approximate surface area is 257 Å². The number of nitrogens with zero attached hydrogens (tertiary/aromatic N) is 3. The Balaban J connectivity index is 1.62. The zero-order valence-corrected chi connectivity index (χ0v) is 26.8. The molecule has 234 valence electrons. The van der Waals surface area contributed by atoms with E-state index in [9.17, 15) is 26.4 Å². The molecule has 0 unspecified atom stereocenters. The fourth-order valence-corrected chi connectivity index (χ4v) is 7.61. The van der Waals surface area contributed by atoms with Gasteiger partial charge in [-0.3, -0.25) is 0 Å². The van der Waals surface area contributed by atoms with E-state index in [1.807, 2.05) is 0 Å². The number of aryl methyl sites for hydroxylation is 1. The highest BCUT2D eigenvalue weighted by molar-refractivity contribution is 7.90. The molecule has 0 saturated carbocycles. The molecule has 0 aliphatic carbocycles. The molecule has 0 fully saturated rings. The molecule has 2 aromatic carbocycles.